The van der Waals surface area contributed by atoms with Gasteiger partial charge in [0.15, 0.2) is 0 Å². The molecule has 2 rings (SSSR count). The van der Waals surface area contributed by atoms with Gasteiger partial charge in [-0.15, -0.1) is 11.6 Å². The number of sulfonamides is 1. The van der Waals surface area contributed by atoms with Gasteiger partial charge in [0, 0.05) is 24.5 Å². The molecule has 1 heterocycles. The Balaban J connectivity index is 2.05. The SMILES string of the molecule is O=C1CCCN1c1cccc(NS(=O)(=O)CCCCCl)c1. The first-order valence-corrected chi connectivity index (χ1v) is 9.17. The van der Waals surface area contributed by atoms with Gasteiger partial charge in [-0.25, -0.2) is 8.42 Å². The summed E-state index contributed by atoms with van der Waals surface area (Å²) >= 11 is 5.55. The fourth-order valence-electron chi connectivity index (χ4n) is 2.28. The van der Waals surface area contributed by atoms with Gasteiger partial charge in [0.2, 0.25) is 15.9 Å². The van der Waals surface area contributed by atoms with Crippen molar-refractivity contribution in [1.29, 1.82) is 0 Å². The zero-order valence-corrected chi connectivity index (χ0v) is 13.3. The molecule has 0 radical (unpaired) electrons. The van der Waals surface area contributed by atoms with Crippen LogP contribution in [-0.2, 0) is 14.8 Å². The number of benzene rings is 1. The van der Waals surface area contributed by atoms with Gasteiger partial charge in [0.1, 0.15) is 0 Å². The monoisotopic (exact) mass is 330 g/mol. The molecule has 21 heavy (non-hydrogen) atoms. The number of hydrogen-bond donors (Lipinski definition) is 1. The van der Waals surface area contributed by atoms with E-state index in [0.717, 1.165) is 12.1 Å². The van der Waals surface area contributed by atoms with Gasteiger partial charge < -0.3 is 4.90 Å². The first-order chi connectivity index (χ1) is 10.0. The van der Waals surface area contributed by atoms with Crippen LogP contribution in [0.4, 0.5) is 11.4 Å². The zero-order valence-electron chi connectivity index (χ0n) is 11.7. The lowest BCUT2D eigenvalue weighted by atomic mass is 10.2. The van der Waals surface area contributed by atoms with Crippen LogP contribution in [0.2, 0.25) is 0 Å². The molecule has 0 aromatic heterocycles. The van der Waals surface area contributed by atoms with Gasteiger partial charge in [0.25, 0.3) is 0 Å². The van der Waals surface area contributed by atoms with Crippen molar-refractivity contribution >= 4 is 38.9 Å². The van der Waals surface area contributed by atoms with Crippen molar-refractivity contribution in [3.05, 3.63) is 24.3 Å². The Morgan fingerprint density at radius 1 is 1.29 bits per heavy atom. The number of carbonyl (C=O) groups excluding carboxylic acids is 1. The van der Waals surface area contributed by atoms with Crippen LogP contribution < -0.4 is 9.62 Å². The predicted octanol–water partition coefficient (Wildman–Crippen LogP) is 2.57. The maximum atomic E-state index is 11.9. The standard InChI is InChI=1S/C14H19ClN2O3S/c15-8-1-2-10-21(19,20)16-12-5-3-6-13(11-12)17-9-4-7-14(17)18/h3,5-6,11,16H,1-2,4,7-10H2. The van der Waals surface area contributed by atoms with E-state index in [9.17, 15) is 13.2 Å². The van der Waals surface area contributed by atoms with E-state index in [1.165, 1.54) is 0 Å². The number of halogens is 1. The Morgan fingerprint density at radius 2 is 2.10 bits per heavy atom. The number of nitrogens with one attached hydrogen (secondary N) is 1. The average molecular weight is 331 g/mol. The third kappa shape index (κ3) is 4.61. The Morgan fingerprint density at radius 3 is 2.76 bits per heavy atom. The summed E-state index contributed by atoms with van der Waals surface area (Å²) in [4.78, 5) is 13.4. The quantitative estimate of drug-likeness (QED) is 0.617. The Labute approximate surface area is 130 Å². The van der Waals surface area contributed by atoms with Crippen LogP contribution >= 0.6 is 11.6 Å². The molecular formula is C14H19ClN2O3S. The predicted molar refractivity (Wildman–Crippen MR) is 85.4 cm³/mol. The molecule has 1 aliphatic heterocycles. The van der Waals surface area contributed by atoms with E-state index in [1.54, 1.807) is 23.1 Å². The molecule has 1 amide bonds. The molecule has 0 atom stereocenters. The molecule has 1 aromatic rings. The van der Waals surface area contributed by atoms with Crippen molar-refractivity contribution in [3.8, 4) is 0 Å². The molecule has 1 N–H and O–H groups in total. The fraction of sp³-hybridized carbons (Fsp3) is 0.500. The smallest absolute Gasteiger partial charge is 0.232 e. The molecule has 1 aromatic carbocycles. The number of nitrogens with zero attached hydrogens (tertiary/aromatic N) is 1. The van der Waals surface area contributed by atoms with Gasteiger partial charge in [0.05, 0.1) is 11.4 Å². The molecule has 7 heteroatoms. The van der Waals surface area contributed by atoms with E-state index < -0.39 is 10.0 Å². The Kier molecular flexibility index (Phi) is 5.47. The molecule has 1 saturated heterocycles. The second-order valence-electron chi connectivity index (χ2n) is 5.02. The highest BCUT2D eigenvalue weighted by molar-refractivity contribution is 7.92. The third-order valence-electron chi connectivity index (χ3n) is 3.30. The van der Waals surface area contributed by atoms with Crippen LogP contribution in [0.25, 0.3) is 0 Å². The molecule has 0 unspecified atom stereocenters. The van der Waals surface area contributed by atoms with Crippen molar-refractivity contribution in [2.75, 3.05) is 27.8 Å². The highest BCUT2D eigenvalue weighted by atomic mass is 35.5. The number of rotatable bonds is 7. The van der Waals surface area contributed by atoms with Crippen LogP contribution in [0.3, 0.4) is 0 Å². The number of alkyl halides is 1. The lowest BCUT2D eigenvalue weighted by Crippen LogP contribution is -2.24. The lowest BCUT2D eigenvalue weighted by Gasteiger charge is -2.17. The van der Waals surface area contributed by atoms with E-state index in [2.05, 4.69) is 4.72 Å². The second-order valence-corrected chi connectivity index (χ2v) is 7.24. The average Bonchev–Trinajstić information content (AvgIpc) is 2.85. The molecule has 1 aliphatic rings. The van der Waals surface area contributed by atoms with Gasteiger partial charge in [-0.2, -0.15) is 0 Å². The summed E-state index contributed by atoms with van der Waals surface area (Å²) in [6.45, 7) is 0.685. The minimum Gasteiger partial charge on any atom is -0.312 e. The van der Waals surface area contributed by atoms with Crippen molar-refractivity contribution in [2.24, 2.45) is 0 Å². The van der Waals surface area contributed by atoms with Crippen molar-refractivity contribution in [3.63, 3.8) is 0 Å². The number of unbranched alkanes of at least 4 members (excludes halogenated alkanes) is 1. The lowest BCUT2D eigenvalue weighted by molar-refractivity contribution is -0.117. The fourth-order valence-corrected chi connectivity index (χ4v) is 3.64. The number of carbonyl (C=O) groups is 1. The minimum atomic E-state index is -3.37. The van der Waals surface area contributed by atoms with Crippen LogP contribution in [0, 0.1) is 0 Å². The van der Waals surface area contributed by atoms with Crippen LogP contribution in [0.1, 0.15) is 25.7 Å². The van der Waals surface area contributed by atoms with Crippen LogP contribution in [0.5, 0.6) is 0 Å². The highest BCUT2D eigenvalue weighted by Crippen LogP contribution is 2.24. The second kappa shape index (κ2) is 7.13. The minimum absolute atomic E-state index is 0.0482. The van der Waals surface area contributed by atoms with Crippen molar-refractivity contribution in [2.45, 2.75) is 25.7 Å². The highest BCUT2D eigenvalue weighted by Gasteiger charge is 2.22. The first-order valence-electron chi connectivity index (χ1n) is 6.99. The normalized spacial score (nSPS) is 15.5. The maximum absolute atomic E-state index is 11.9. The van der Waals surface area contributed by atoms with E-state index in [0.29, 0.717) is 37.4 Å². The summed E-state index contributed by atoms with van der Waals surface area (Å²) in [5.41, 5.74) is 1.22. The topological polar surface area (TPSA) is 66.5 Å². The van der Waals surface area contributed by atoms with Crippen molar-refractivity contribution in [1.82, 2.24) is 0 Å². The molecule has 1 fully saturated rings. The van der Waals surface area contributed by atoms with Gasteiger partial charge in [-0.1, -0.05) is 6.07 Å². The Bertz CT molecular complexity index is 604. The van der Waals surface area contributed by atoms with E-state index >= 15 is 0 Å². The Hall–Kier alpha value is -1.27. The maximum Gasteiger partial charge on any atom is 0.232 e. The summed E-state index contributed by atoms with van der Waals surface area (Å²) in [6.07, 6.45) is 2.59. The molecule has 0 aliphatic carbocycles. The summed E-state index contributed by atoms with van der Waals surface area (Å²) in [5, 5.41) is 0. The summed E-state index contributed by atoms with van der Waals surface area (Å²) in [6, 6.07) is 6.94. The molecule has 0 saturated carbocycles. The molecule has 0 bridgehead atoms. The number of hydrogen-bond acceptors (Lipinski definition) is 3. The van der Waals surface area contributed by atoms with Crippen LogP contribution in [0.15, 0.2) is 24.3 Å². The van der Waals surface area contributed by atoms with Gasteiger partial charge in [-0.05, 0) is 37.5 Å². The van der Waals surface area contributed by atoms with Gasteiger partial charge in [-0.3, -0.25) is 9.52 Å². The number of amides is 1. The van der Waals surface area contributed by atoms with E-state index in [-0.39, 0.29) is 11.7 Å². The van der Waals surface area contributed by atoms with Crippen LogP contribution in [-0.4, -0.2) is 32.5 Å². The summed E-state index contributed by atoms with van der Waals surface area (Å²) < 4.78 is 26.4. The van der Waals surface area contributed by atoms with E-state index in [1.807, 2.05) is 6.07 Å². The van der Waals surface area contributed by atoms with E-state index in [4.69, 9.17) is 11.6 Å². The van der Waals surface area contributed by atoms with Crippen molar-refractivity contribution < 1.29 is 13.2 Å². The molecule has 5 nitrogen and oxygen atoms in total. The molecular weight excluding hydrogens is 312 g/mol. The largest absolute Gasteiger partial charge is 0.312 e. The van der Waals surface area contributed by atoms with Gasteiger partial charge >= 0.3 is 0 Å². The third-order valence-corrected chi connectivity index (χ3v) is 4.94. The summed E-state index contributed by atoms with van der Waals surface area (Å²) in [7, 11) is -3.37. The first kappa shape index (κ1) is 16.1. The number of anilines is 2. The molecule has 116 valence electrons. The summed E-state index contributed by atoms with van der Waals surface area (Å²) in [5.74, 6) is 0.589. The molecule has 0 spiro atoms. The zero-order chi connectivity index (χ0) is 15.3.